The van der Waals surface area contributed by atoms with E-state index in [9.17, 15) is 14.4 Å². The number of nitrogens with one attached hydrogen (secondary N) is 1. The van der Waals surface area contributed by atoms with E-state index in [2.05, 4.69) is 15.3 Å². The molecule has 1 aromatic carbocycles. The van der Waals surface area contributed by atoms with Crippen molar-refractivity contribution in [2.75, 3.05) is 24.1 Å². The highest BCUT2D eigenvalue weighted by atomic mass is 16.4. The largest absolute Gasteiger partial charge is 0.420 e. The van der Waals surface area contributed by atoms with E-state index in [1.165, 1.54) is 17.0 Å². The molecule has 3 N–H and O–H groups in total. The van der Waals surface area contributed by atoms with E-state index < -0.39 is 11.7 Å². The van der Waals surface area contributed by atoms with Gasteiger partial charge in [0.1, 0.15) is 6.54 Å². The van der Waals surface area contributed by atoms with Crippen LogP contribution in [0.4, 0.5) is 11.5 Å². The monoisotopic (exact) mass is 396 g/mol. The molecule has 0 aliphatic carbocycles. The molecule has 0 bridgehead atoms. The number of fused-ring (bicyclic) bond motifs is 1. The summed E-state index contributed by atoms with van der Waals surface area (Å²) in [6.45, 7) is 1.29. The van der Waals surface area contributed by atoms with E-state index in [4.69, 9.17) is 10.2 Å². The number of carbonyl (C=O) groups excluding carboxylic acids is 2. The van der Waals surface area contributed by atoms with Crippen LogP contribution in [0, 0.1) is 0 Å². The zero-order chi connectivity index (χ0) is 20.4. The van der Waals surface area contributed by atoms with Crippen molar-refractivity contribution in [1.29, 1.82) is 0 Å². The van der Waals surface area contributed by atoms with Crippen molar-refractivity contribution in [3.05, 3.63) is 46.8 Å². The first-order valence-corrected chi connectivity index (χ1v) is 9.32. The number of aromatic nitrogens is 3. The van der Waals surface area contributed by atoms with Crippen LogP contribution in [-0.2, 0) is 11.3 Å². The highest BCUT2D eigenvalue weighted by Crippen LogP contribution is 2.20. The number of likely N-dealkylation sites (tertiary alicyclic amines) is 1. The first-order valence-electron chi connectivity index (χ1n) is 9.32. The number of carbonyl (C=O) groups is 2. The van der Waals surface area contributed by atoms with E-state index in [0.717, 1.165) is 19.3 Å². The second-order valence-electron chi connectivity index (χ2n) is 6.82. The quantitative estimate of drug-likeness (QED) is 0.677. The molecule has 10 heteroatoms. The fraction of sp³-hybridized carbons (Fsp3) is 0.316. The average molecular weight is 396 g/mol. The fourth-order valence-corrected chi connectivity index (χ4v) is 3.38. The van der Waals surface area contributed by atoms with E-state index >= 15 is 0 Å². The third-order valence-electron chi connectivity index (χ3n) is 4.87. The number of oxazole rings is 1. The van der Waals surface area contributed by atoms with Gasteiger partial charge in [-0.2, -0.15) is 0 Å². The van der Waals surface area contributed by atoms with Crippen LogP contribution in [0.25, 0.3) is 11.1 Å². The Hall–Kier alpha value is -3.69. The molecule has 29 heavy (non-hydrogen) atoms. The molecule has 150 valence electrons. The Morgan fingerprint density at radius 3 is 2.66 bits per heavy atom. The zero-order valence-corrected chi connectivity index (χ0v) is 15.6. The Morgan fingerprint density at radius 1 is 1.14 bits per heavy atom. The summed E-state index contributed by atoms with van der Waals surface area (Å²) >= 11 is 0. The summed E-state index contributed by atoms with van der Waals surface area (Å²) in [5.74, 6) is -1.27. The molecule has 0 spiro atoms. The van der Waals surface area contributed by atoms with E-state index in [1.807, 2.05) is 0 Å². The summed E-state index contributed by atoms with van der Waals surface area (Å²) in [5.41, 5.74) is 6.84. The first-order chi connectivity index (χ1) is 14.0. The van der Waals surface area contributed by atoms with Crippen molar-refractivity contribution in [1.82, 2.24) is 19.4 Å². The van der Waals surface area contributed by atoms with Gasteiger partial charge in [0, 0.05) is 31.2 Å². The molecule has 1 saturated heterocycles. The second-order valence-corrected chi connectivity index (χ2v) is 6.82. The van der Waals surface area contributed by atoms with Gasteiger partial charge >= 0.3 is 5.76 Å². The van der Waals surface area contributed by atoms with Gasteiger partial charge in [-0.1, -0.05) is 0 Å². The summed E-state index contributed by atoms with van der Waals surface area (Å²) in [5, 5.41) is 2.67. The molecular formula is C19H20N6O4. The van der Waals surface area contributed by atoms with Gasteiger partial charge in [-0.25, -0.2) is 14.8 Å². The molecule has 4 rings (SSSR count). The van der Waals surface area contributed by atoms with Crippen molar-refractivity contribution < 1.29 is 14.0 Å². The van der Waals surface area contributed by atoms with E-state index in [1.54, 1.807) is 23.1 Å². The van der Waals surface area contributed by atoms with Crippen LogP contribution < -0.4 is 16.8 Å². The number of nitrogens with zero attached hydrogens (tertiary/aromatic N) is 4. The lowest BCUT2D eigenvalue weighted by Gasteiger charge is -2.26. The van der Waals surface area contributed by atoms with Gasteiger partial charge in [-0.3, -0.25) is 14.2 Å². The van der Waals surface area contributed by atoms with Crippen molar-refractivity contribution in [2.45, 2.75) is 25.8 Å². The molecule has 3 aromatic rings. The SMILES string of the molecule is Nc1nccnc1C(=O)Nc1ccc2oc(=O)n(CC(=O)N3CCCCC3)c2c1. The maximum absolute atomic E-state index is 12.6. The molecule has 0 unspecified atom stereocenters. The van der Waals surface area contributed by atoms with Crippen LogP contribution in [0.3, 0.4) is 0 Å². The van der Waals surface area contributed by atoms with Crippen molar-refractivity contribution in [3.8, 4) is 0 Å². The van der Waals surface area contributed by atoms with Crippen LogP contribution in [-0.4, -0.2) is 44.3 Å². The Morgan fingerprint density at radius 2 is 1.90 bits per heavy atom. The Bertz CT molecular complexity index is 1130. The van der Waals surface area contributed by atoms with Crippen LogP contribution >= 0.6 is 0 Å². The Balaban J connectivity index is 1.59. The number of rotatable bonds is 4. The number of anilines is 2. The summed E-state index contributed by atoms with van der Waals surface area (Å²) in [7, 11) is 0. The molecule has 0 atom stereocenters. The van der Waals surface area contributed by atoms with Crippen molar-refractivity contribution in [2.24, 2.45) is 0 Å². The summed E-state index contributed by atoms with van der Waals surface area (Å²) in [4.78, 5) is 46.8. The minimum Gasteiger partial charge on any atom is -0.408 e. The highest BCUT2D eigenvalue weighted by molar-refractivity contribution is 6.06. The third-order valence-corrected chi connectivity index (χ3v) is 4.87. The van der Waals surface area contributed by atoms with Crippen molar-refractivity contribution in [3.63, 3.8) is 0 Å². The average Bonchev–Trinajstić information content (AvgIpc) is 3.03. The van der Waals surface area contributed by atoms with Gasteiger partial charge < -0.3 is 20.4 Å². The molecule has 2 aromatic heterocycles. The van der Waals surface area contributed by atoms with Crippen LogP contribution in [0.2, 0.25) is 0 Å². The van der Waals surface area contributed by atoms with Gasteiger partial charge in [0.2, 0.25) is 5.91 Å². The predicted molar refractivity (Wildman–Crippen MR) is 105 cm³/mol. The number of hydrogen-bond acceptors (Lipinski definition) is 7. The second kappa shape index (κ2) is 7.74. The lowest BCUT2D eigenvalue weighted by molar-refractivity contribution is -0.132. The zero-order valence-electron chi connectivity index (χ0n) is 15.6. The van der Waals surface area contributed by atoms with Gasteiger partial charge in [0.15, 0.2) is 17.1 Å². The standard InChI is InChI=1S/C19H20N6O4/c20-17-16(21-6-7-22-17)18(27)23-12-4-5-14-13(10-12)25(19(28)29-14)11-15(26)24-8-2-1-3-9-24/h4-7,10H,1-3,8-9,11H2,(H2,20,22)(H,23,27). The molecule has 0 radical (unpaired) electrons. The summed E-state index contributed by atoms with van der Waals surface area (Å²) in [6, 6.07) is 4.73. The smallest absolute Gasteiger partial charge is 0.408 e. The highest BCUT2D eigenvalue weighted by Gasteiger charge is 2.20. The van der Waals surface area contributed by atoms with E-state index in [-0.39, 0.29) is 24.0 Å². The van der Waals surface area contributed by atoms with Crippen LogP contribution in [0.15, 0.2) is 39.8 Å². The topological polar surface area (TPSA) is 136 Å². The number of benzene rings is 1. The Labute approximate surface area is 165 Å². The molecule has 10 nitrogen and oxygen atoms in total. The number of hydrogen-bond donors (Lipinski definition) is 2. The maximum Gasteiger partial charge on any atom is 0.420 e. The minimum absolute atomic E-state index is 0.00235. The van der Waals surface area contributed by atoms with Crippen LogP contribution in [0.5, 0.6) is 0 Å². The molecule has 1 aliphatic heterocycles. The van der Waals surface area contributed by atoms with Gasteiger partial charge in [-0.15, -0.1) is 0 Å². The maximum atomic E-state index is 12.6. The number of piperidine rings is 1. The number of nitrogen functional groups attached to an aromatic ring is 1. The van der Waals surface area contributed by atoms with Gasteiger partial charge in [0.05, 0.1) is 5.52 Å². The molecule has 3 heterocycles. The molecule has 0 saturated carbocycles. The van der Waals surface area contributed by atoms with Gasteiger partial charge in [0.25, 0.3) is 5.91 Å². The molecule has 2 amide bonds. The molecule has 1 aliphatic rings. The lowest BCUT2D eigenvalue weighted by atomic mass is 10.1. The number of amides is 2. The molecular weight excluding hydrogens is 376 g/mol. The minimum atomic E-state index is -0.619. The van der Waals surface area contributed by atoms with E-state index in [0.29, 0.717) is 29.9 Å². The first kappa shape index (κ1) is 18.7. The molecule has 1 fully saturated rings. The third kappa shape index (κ3) is 3.82. The predicted octanol–water partition coefficient (Wildman–Crippen LogP) is 1.23. The van der Waals surface area contributed by atoms with Gasteiger partial charge in [-0.05, 0) is 37.5 Å². The normalized spacial score (nSPS) is 14.1. The summed E-state index contributed by atoms with van der Waals surface area (Å²) < 4.78 is 6.51. The van der Waals surface area contributed by atoms with Crippen LogP contribution in [0.1, 0.15) is 29.8 Å². The number of nitrogens with two attached hydrogens (primary N) is 1. The Kier molecular flexibility index (Phi) is 4.98. The van der Waals surface area contributed by atoms with Crippen molar-refractivity contribution >= 4 is 34.4 Å². The lowest BCUT2D eigenvalue weighted by Crippen LogP contribution is -2.39. The summed E-state index contributed by atoms with van der Waals surface area (Å²) in [6.07, 6.45) is 5.80. The fourth-order valence-electron chi connectivity index (χ4n) is 3.38.